The number of hydrogen-bond donors (Lipinski definition) is 0. The van der Waals surface area contributed by atoms with E-state index in [1.807, 2.05) is 6.20 Å². The summed E-state index contributed by atoms with van der Waals surface area (Å²) in [6.07, 6.45) is 22.1. The van der Waals surface area contributed by atoms with Crippen LogP contribution in [0.4, 0.5) is 0 Å². The minimum Gasteiger partial charge on any atom is -0.264 e. The quantitative estimate of drug-likeness (QED) is 0.316. The van der Waals surface area contributed by atoms with Gasteiger partial charge in [-0.3, -0.25) is 4.98 Å². The molecule has 1 unspecified atom stereocenters. The summed E-state index contributed by atoms with van der Waals surface area (Å²) in [5.41, 5.74) is 1.44. The number of hydrogen-bond acceptors (Lipinski definition) is 1. The number of unbranched alkanes of at least 4 members (excludes halogenated alkanes) is 9. The maximum Gasteiger partial charge on any atom is 0.0302 e. The van der Waals surface area contributed by atoms with Crippen molar-refractivity contribution in [2.75, 3.05) is 0 Å². The van der Waals surface area contributed by atoms with Gasteiger partial charge in [0.15, 0.2) is 0 Å². The van der Waals surface area contributed by atoms with Crippen LogP contribution in [0.2, 0.25) is 0 Å². The van der Waals surface area contributed by atoms with Crippen LogP contribution in [0.15, 0.2) is 24.5 Å². The highest BCUT2D eigenvalue weighted by atomic mass is 35.5. The van der Waals surface area contributed by atoms with E-state index in [0.717, 1.165) is 5.92 Å². The van der Waals surface area contributed by atoms with Crippen LogP contribution >= 0.6 is 12.4 Å². The first-order valence-electron chi connectivity index (χ1n) is 9.78. The molecule has 0 aliphatic rings. The Hall–Kier alpha value is -0.560. The van der Waals surface area contributed by atoms with E-state index in [1.54, 1.807) is 0 Å². The summed E-state index contributed by atoms with van der Waals surface area (Å²) in [7, 11) is 0. The molecule has 0 fully saturated rings. The van der Waals surface area contributed by atoms with Crippen LogP contribution in [-0.4, -0.2) is 4.98 Å². The fourth-order valence-corrected chi connectivity index (χ4v) is 3.32. The average Bonchev–Trinajstić information content (AvgIpc) is 2.56. The summed E-state index contributed by atoms with van der Waals surface area (Å²) in [6.45, 7) is 4.58. The molecule has 0 saturated heterocycles. The summed E-state index contributed by atoms with van der Waals surface area (Å²) >= 11 is 0. The van der Waals surface area contributed by atoms with Crippen molar-refractivity contribution in [2.24, 2.45) is 0 Å². The van der Waals surface area contributed by atoms with E-state index in [9.17, 15) is 0 Å². The minimum absolute atomic E-state index is 0. The van der Waals surface area contributed by atoms with Crippen molar-refractivity contribution < 1.29 is 0 Å². The predicted molar refractivity (Wildman–Crippen MR) is 106 cm³/mol. The summed E-state index contributed by atoms with van der Waals surface area (Å²) in [4.78, 5) is 4.29. The van der Waals surface area contributed by atoms with Crippen LogP contribution in [0.1, 0.15) is 109 Å². The van der Waals surface area contributed by atoms with Crippen LogP contribution in [0.25, 0.3) is 0 Å². The lowest BCUT2D eigenvalue weighted by molar-refractivity contribution is 0.504. The van der Waals surface area contributed by atoms with E-state index < -0.39 is 0 Å². The summed E-state index contributed by atoms with van der Waals surface area (Å²) in [6, 6.07) is 4.33. The fourth-order valence-electron chi connectivity index (χ4n) is 3.32. The van der Waals surface area contributed by atoms with Gasteiger partial charge in [-0.1, -0.05) is 90.5 Å². The van der Waals surface area contributed by atoms with E-state index in [2.05, 4.69) is 37.2 Å². The molecule has 0 saturated carbocycles. The van der Waals surface area contributed by atoms with Gasteiger partial charge in [0.2, 0.25) is 0 Å². The molecular formula is C21H38ClN. The lowest BCUT2D eigenvalue weighted by Gasteiger charge is -2.16. The Kier molecular flexibility index (Phi) is 15.9. The third-order valence-electron chi connectivity index (χ3n) is 4.70. The van der Waals surface area contributed by atoms with Crippen molar-refractivity contribution >= 4 is 12.4 Å². The molecule has 1 atom stereocenters. The number of nitrogens with zero attached hydrogens (tertiary/aromatic N) is 1. The van der Waals surface area contributed by atoms with Crippen LogP contribution in [0.3, 0.4) is 0 Å². The van der Waals surface area contributed by atoms with Gasteiger partial charge in [0.1, 0.15) is 0 Å². The molecule has 0 radical (unpaired) electrons. The smallest absolute Gasteiger partial charge is 0.0302 e. The minimum atomic E-state index is 0. The van der Waals surface area contributed by atoms with Crippen molar-refractivity contribution in [3.05, 3.63) is 30.1 Å². The zero-order valence-electron chi connectivity index (χ0n) is 15.4. The van der Waals surface area contributed by atoms with Gasteiger partial charge in [0.05, 0.1) is 0 Å². The standard InChI is InChI=1S/C21H37N.ClH/c1-3-5-6-7-8-9-10-11-12-13-16-20(15-4-2)21-17-14-18-22-19-21;/h14,17-20H,3-13,15-16H2,1-2H3;1H. The third kappa shape index (κ3) is 11.6. The first-order valence-corrected chi connectivity index (χ1v) is 9.78. The maximum atomic E-state index is 4.29. The molecule has 1 aromatic heterocycles. The molecule has 2 heteroatoms. The summed E-state index contributed by atoms with van der Waals surface area (Å²) in [5, 5.41) is 0. The molecule has 0 spiro atoms. The summed E-state index contributed by atoms with van der Waals surface area (Å²) in [5.74, 6) is 0.729. The molecule has 1 nitrogen and oxygen atoms in total. The predicted octanol–water partition coefficient (Wildman–Crippen LogP) is 7.70. The van der Waals surface area contributed by atoms with Crippen LogP contribution in [0, 0.1) is 0 Å². The van der Waals surface area contributed by atoms with Gasteiger partial charge >= 0.3 is 0 Å². The van der Waals surface area contributed by atoms with E-state index in [1.165, 1.54) is 89.0 Å². The molecule has 23 heavy (non-hydrogen) atoms. The number of halogens is 1. The Balaban J connectivity index is 0.00000484. The Bertz CT molecular complexity index is 339. The zero-order chi connectivity index (χ0) is 15.9. The molecule has 0 aliphatic carbocycles. The fraction of sp³-hybridized carbons (Fsp3) is 0.762. The monoisotopic (exact) mass is 339 g/mol. The van der Waals surface area contributed by atoms with Crippen molar-refractivity contribution in [1.29, 1.82) is 0 Å². The van der Waals surface area contributed by atoms with Gasteiger partial charge in [-0.25, -0.2) is 0 Å². The SMILES string of the molecule is CCCCCCCCCCCCC(CCC)c1cccnc1.Cl. The second-order valence-electron chi connectivity index (χ2n) is 6.74. The molecule has 0 bridgehead atoms. The van der Waals surface area contributed by atoms with Crippen molar-refractivity contribution in [3.8, 4) is 0 Å². The van der Waals surface area contributed by atoms with Gasteiger partial charge in [0, 0.05) is 12.4 Å². The highest BCUT2D eigenvalue weighted by Crippen LogP contribution is 2.26. The Morgan fingerprint density at radius 1 is 0.783 bits per heavy atom. The summed E-state index contributed by atoms with van der Waals surface area (Å²) < 4.78 is 0. The normalized spacial score (nSPS) is 11.9. The molecule has 0 amide bonds. The molecule has 1 heterocycles. The molecule has 0 aromatic carbocycles. The molecule has 1 rings (SSSR count). The Labute approximate surface area is 151 Å². The van der Waals surface area contributed by atoms with E-state index in [4.69, 9.17) is 0 Å². The van der Waals surface area contributed by atoms with Crippen molar-refractivity contribution in [2.45, 2.75) is 103 Å². The molecular weight excluding hydrogens is 302 g/mol. The van der Waals surface area contributed by atoms with E-state index >= 15 is 0 Å². The Morgan fingerprint density at radius 3 is 1.91 bits per heavy atom. The Morgan fingerprint density at radius 2 is 1.39 bits per heavy atom. The van der Waals surface area contributed by atoms with Gasteiger partial charge in [-0.2, -0.15) is 0 Å². The van der Waals surface area contributed by atoms with Crippen LogP contribution < -0.4 is 0 Å². The molecule has 0 aliphatic heterocycles. The van der Waals surface area contributed by atoms with Crippen molar-refractivity contribution in [1.82, 2.24) is 4.98 Å². The van der Waals surface area contributed by atoms with Crippen LogP contribution in [0.5, 0.6) is 0 Å². The van der Waals surface area contributed by atoms with Gasteiger partial charge in [-0.05, 0) is 30.4 Å². The average molecular weight is 340 g/mol. The molecule has 0 N–H and O–H groups in total. The third-order valence-corrected chi connectivity index (χ3v) is 4.70. The number of rotatable bonds is 14. The van der Waals surface area contributed by atoms with E-state index in [0.29, 0.717) is 0 Å². The first-order chi connectivity index (χ1) is 10.9. The number of aromatic nitrogens is 1. The highest BCUT2D eigenvalue weighted by Gasteiger charge is 2.10. The lowest BCUT2D eigenvalue weighted by Crippen LogP contribution is -1.99. The highest BCUT2D eigenvalue weighted by molar-refractivity contribution is 5.85. The molecule has 1 aromatic rings. The zero-order valence-corrected chi connectivity index (χ0v) is 16.3. The van der Waals surface area contributed by atoms with Gasteiger partial charge in [-0.15, -0.1) is 12.4 Å². The van der Waals surface area contributed by atoms with E-state index in [-0.39, 0.29) is 12.4 Å². The largest absolute Gasteiger partial charge is 0.264 e. The lowest BCUT2D eigenvalue weighted by atomic mass is 9.90. The second kappa shape index (κ2) is 16.3. The maximum absolute atomic E-state index is 4.29. The van der Waals surface area contributed by atoms with Crippen LogP contribution in [-0.2, 0) is 0 Å². The van der Waals surface area contributed by atoms with Crippen molar-refractivity contribution in [3.63, 3.8) is 0 Å². The topological polar surface area (TPSA) is 12.9 Å². The molecule has 134 valence electrons. The van der Waals surface area contributed by atoms with Gasteiger partial charge in [0.25, 0.3) is 0 Å². The number of pyridine rings is 1. The van der Waals surface area contributed by atoms with Gasteiger partial charge < -0.3 is 0 Å². The first kappa shape index (κ1) is 22.4. The second-order valence-corrected chi connectivity index (χ2v) is 6.74.